The van der Waals surface area contributed by atoms with Crippen molar-refractivity contribution < 1.29 is 26.7 Å². The normalized spacial score (nSPS) is 5.56. The molecule has 0 aliphatic heterocycles. The number of rotatable bonds is 0. The monoisotopic (exact) mass is 210 g/mol. The van der Waals surface area contributed by atoms with E-state index in [0.29, 0.717) is 0 Å². The molecular weight excluding hydrogens is 203 g/mol. The molecule has 0 saturated carbocycles. The van der Waals surface area contributed by atoms with E-state index in [0.717, 1.165) is 0 Å². The van der Waals surface area contributed by atoms with Crippen LogP contribution in [-0.2, 0) is 16.5 Å². The molecule has 0 rings (SSSR count). The van der Waals surface area contributed by atoms with Crippen LogP contribution in [0.1, 0.15) is 13.8 Å². The maximum atomic E-state index is 7.79. The molecule has 9 heavy (non-hydrogen) atoms. The van der Waals surface area contributed by atoms with Gasteiger partial charge in [-0.2, -0.15) is 0 Å². The van der Waals surface area contributed by atoms with Crippen molar-refractivity contribution in [3.05, 3.63) is 0 Å². The van der Waals surface area contributed by atoms with Crippen molar-refractivity contribution in [3.63, 3.8) is 0 Å². The van der Waals surface area contributed by atoms with Crippen LogP contribution < -0.4 is 0 Å². The van der Waals surface area contributed by atoms with Gasteiger partial charge in [0.05, 0.1) is 0 Å². The van der Waals surface area contributed by atoms with Crippen LogP contribution in [-0.4, -0.2) is 20.3 Å². The van der Waals surface area contributed by atoms with E-state index in [4.69, 9.17) is 10.2 Å². The van der Waals surface area contributed by atoms with Crippen LogP contribution in [0, 0.1) is 0 Å². The molecule has 0 aromatic heterocycles. The summed E-state index contributed by atoms with van der Waals surface area (Å²) in [7, 11) is 0. The maximum Gasteiger partial charge on any atom is 0.153 e. The summed E-state index contributed by atoms with van der Waals surface area (Å²) in [5, 5.41) is 15.6. The van der Waals surface area contributed by atoms with Crippen LogP contribution in [0.5, 0.6) is 0 Å². The van der Waals surface area contributed by atoms with Crippen LogP contribution in [0.2, 0.25) is 0 Å². The minimum Gasteiger partial charge on any atom is -0.502 e. The molecular formula is C4H8NiO2S2. The Morgan fingerprint density at radius 3 is 1.00 bits per heavy atom. The second kappa shape index (κ2) is 11.1. The van der Waals surface area contributed by atoms with Crippen LogP contribution in [0.25, 0.3) is 0 Å². The third-order valence-corrected chi connectivity index (χ3v) is 0. The minimum atomic E-state index is 0. The zero-order valence-corrected chi connectivity index (χ0v) is 7.65. The minimum absolute atomic E-state index is 0. The predicted molar refractivity (Wildman–Crippen MR) is 41.8 cm³/mol. The third kappa shape index (κ3) is 4350. The van der Waals surface area contributed by atoms with Gasteiger partial charge >= 0.3 is 0 Å². The van der Waals surface area contributed by atoms with Gasteiger partial charge < -0.3 is 10.2 Å². The molecule has 0 unspecified atom stereocenters. The van der Waals surface area contributed by atoms with E-state index in [2.05, 4.69) is 24.4 Å². The van der Waals surface area contributed by atoms with Gasteiger partial charge in [0.15, 0.2) is 10.1 Å². The third-order valence-electron chi connectivity index (χ3n) is 0. The zero-order valence-electron chi connectivity index (χ0n) is 5.03. The fourth-order valence-corrected chi connectivity index (χ4v) is 0. The first-order valence-electron chi connectivity index (χ1n) is 1.86. The summed E-state index contributed by atoms with van der Waals surface area (Å²) in [5.74, 6) is 0. The number of hydrogen-bond donors (Lipinski definition) is 2. The van der Waals surface area contributed by atoms with Gasteiger partial charge in [-0.05, 0) is 24.4 Å². The summed E-state index contributed by atoms with van der Waals surface area (Å²) in [4.78, 5) is 0. The van der Waals surface area contributed by atoms with Crippen LogP contribution in [0.3, 0.4) is 0 Å². The summed E-state index contributed by atoms with van der Waals surface area (Å²) in [6.45, 7) is 2.91. The molecule has 0 aromatic carbocycles. The number of thiocarbonyl (C=S) groups is 2. The van der Waals surface area contributed by atoms with Crippen molar-refractivity contribution in [3.8, 4) is 0 Å². The van der Waals surface area contributed by atoms with Crippen molar-refractivity contribution in [1.82, 2.24) is 0 Å². The maximum absolute atomic E-state index is 7.79. The number of aliphatic hydroxyl groups is 2. The molecule has 0 radical (unpaired) electrons. The van der Waals surface area contributed by atoms with Gasteiger partial charge in [0.1, 0.15) is 0 Å². The van der Waals surface area contributed by atoms with E-state index in [1.165, 1.54) is 13.8 Å². The van der Waals surface area contributed by atoms with E-state index in [1.807, 2.05) is 0 Å². The Balaban J connectivity index is -0.0000000720. The van der Waals surface area contributed by atoms with Gasteiger partial charge in [0.25, 0.3) is 0 Å². The molecule has 0 spiro atoms. The van der Waals surface area contributed by atoms with Gasteiger partial charge in [-0.3, -0.25) is 0 Å². The van der Waals surface area contributed by atoms with Gasteiger partial charge in [0.2, 0.25) is 0 Å². The fourth-order valence-electron chi connectivity index (χ4n) is 0. The van der Waals surface area contributed by atoms with E-state index < -0.39 is 0 Å². The van der Waals surface area contributed by atoms with E-state index in [1.54, 1.807) is 0 Å². The van der Waals surface area contributed by atoms with Gasteiger partial charge in [-0.15, -0.1) is 0 Å². The average molecular weight is 211 g/mol. The topological polar surface area (TPSA) is 40.5 Å². The molecule has 2 N–H and O–H groups in total. The molecule has 0 aromatic rings. The smallest absolute Gasteiger partial charge is 0.153 e. The van der Waals surface area contributed by atoms with Crippen LogP contribution in [0.4, 0.5) is 0 Å². The Hall–Kier alpha value is 0.274. The standard InChI is InChI=1S/2C2H4OS.Ni/c2*1-2(3)4;/h2*1H3,(H,3,4);. The van der Waals surface area contributed by atoms with E-state index >= 15 is 0 Å². The molecule has 58 valence electrons. The van der Waals surface area contributed by atoms with Crippen molar-refractivity contribution >= 4 is 34.5 Å². The zero-order chi connectivity index (χ0) is 7.15. The first-order chi connectivity index (χ1) is 3.46. The molecule has 0 aliphatic carbocycles. The Bertz CT molecular complexity index is 74.6. The van der Waals surface area contributed by atoms with Crippen molar-refractivity contribution in [2.75, 3.05) is 0 Å². The SMILES string of the molecule is CC(O)=S.CC(O)=S.[Ni]. The molecule has 0 aliphatic rings. The number of aliphatic hydroxyl groups excluding tert-OH is 2. The Morgan fingerprint density at radius 1 is 1.00 bits per heavy atom. The van der Waals surface area contributed by atoms with Gasteiger partial charge in [0, 0.05) is 30.3 Å². The van der Waals surface area contributed by atoms with Crippen LogP contribution >= 0.6 is 24.4 Å². The molecule has 5 heteroatoms. The summed E-state index contributed by atoms with van der Waals surface area (Å²) in [6, 6.07) is 0. The van der Waals surface area contributed by atoms with Gasteiger partial charge in [-0.1, -0.05) is 0 Å². The Kier molecular flexibility index (Phi) is 19.9. The molecule has 0 bridgehead atoms. The van der Waals surface area contributed by atoms with Crippen LogP contribution in [0.15, 0.2) is 0 Å². The van der Waals surface area contributed by atoms with Gasteiger partial charge in [-0.25, -0.2) is 0 Å². The first kappa shape index (κ1) is 16.1. The molecule has 2 nitrogen and oxygen atoms in total. The largest absolute Gasteiger partial charge is 0.502 e. The average Bonchev–Trinajstić information content (AvgIpc) is 1.25. The molecule has 0 atom stereocenters. The Labute approximate surface area is 75.2 Å². The van der Waals surface area contributed by atoms with Crippen molar-refractivity contribution in [2.24, 2.45) is 0 Å². The quantitative estimate of drug-likeness (QED) is 0.473. The summed E-state index contributed by atoms with van der Waals surface area (Å²) >= 11 is 8.19. The summed E-state index contributed by atoms with van der Waals surface area (Å²) in [5.41, 5.74) is 0. The predicted octanol–water partition coefficient (Wildman–Crippen LogP) is 1.78. The van der Waals surface area contributed by atoms with Crippen molar-refractivity contribution in [2.45, 2.75) is 13.8 Å². The second-order valence-electron chi connectivity index (χ2n) is 1.04. The summed E-state index contributed by atoms with van der Waals surface area (Å²) in [6.07, 6.45) is 0. The molecule has 0 fully saturated rings. The van der Waals surface area contributed by atoms with E-state index in [9.17, 15) is 0 Å². The first-order valence-corrected chi connectivity index (χ1v) is 2.67. The molecule has 0 heterocycles. The van der Waals surface area contributed by atoms with E-state index in [-0.39, 0.29) is 26.6 Å². The fraction of sp³-hybridized carbons (Fsp3) is 0.500. The summed E-state index contributed by atoms with van der Waals surface area (Å²) < 4.78 is 0. The molecule has 0 saturated heterocycles. The van der Waals surface area contributed by atoms with Crippen molar-refractivity contribution in [1.29, 1.82) is 0 Å². The number of hydrogen-bond acceptors (Lipinski definition) is 2. The second-order valence-corrected chi connectivity index (χ2v) is 2.22. The Morgan fingerprint density at radius 2 is 1.00 bits per heavy atom. The molecule has 0 amide bonds.